The Kier molecular flexibility index (Phi) is 7.95. The van der Waals surface area contributed by atoms with Gasteiger partial charge in [-0.1, -0.05) is 0 Å². The van der Waals surface area contributed by atoms with Gasteiger partial charge in [-0.2, -0.15) is 6.41 Å². The second-order valence-corrected chi connectivity index (χ2v) is 0.986. The third kappa shape index (κ3) is 8.95. The number of hydrogen-bond acceptors (Lipinski definition) is 1. The molecule has 0 N–H and O–H groups in total. The molecule has 0 unspecified atom stereocenters. The summed E-state index contributed by atoms with van der Waals surface area (Å²) >= 11 is 0. The molecule has 0 heterocycles. The van der Waals surface area contributed by atoms with Crippen LogP contribution in [0.1, 0.15) is 0 Å². The second-order valence-electron chi connectivity index (χ2n) is 0.986. The monoisotopic (exact) mass is 79.1 g/mol. The van der Waals surface area contributed by atoms with Gasteiger partial charge in [-0.25, -0.2) is 0 Å². The minimum atomic E-state index is 0. The molecule has 0 atom stereocenters. The average molecular weight is 79.0 g/mol. The molecular formula is C3H6LiNO. The van der Waals surface area contributed by atoms with Crippen LogP contribution in [0.4, 0.5) is 0 Å². The van der Waals surface area contributed by atoms with E-state index < -0.39 is 0 Å². The van der Waals surface area contributed by atoms with Crippen molar-refractivity contribution in [1.29, 1.82) is 0 Å². The summed E-state index contributed by atoms with van der Waals surface area (Å²) in [5.74, 6) is 0. The van der Waals surface area contributed by atoms with E-state index in [1.54, 1.807) is 20.5 Å². The first-order valence-electron chi connectivity index (χ1n) is 1.32. The summed E-state index contributed by atoms with van der Waals surface area (Å²) < 4.78 is 0. The Morgan fingerprint density at radius 1 is 1.50 bits per heavy atom. The summed E-state index contributed by atoms with van der Waals surface area (Å²) in [6.07, 6.45) is 1.61. The van der Waals surface area contributed by atoms with E-state index in [0.717, 1.165) is 0 Å². The van der Waals surface area contributed by atoms with Crippen molar-refractivity contribution in [3.8, 4) is 0 Å². The van der Waals surface area contributed by atoms with Gasteiger partial charge in [0, 0.05) is 0 Å². The Hall–Kier alpha value is 0.0674. The van der Waals surface area contributed by atoms with Crippen LogP contribution in [-0.2, 0) is 4.79 Å². The molecule has 0 aliphatic rings. The van der Waals surface area contributed by atoms with E-state index in [1.807, 2.05) is 0 Å². The molecular weight excluding hydrogens is 73.0 g/mol. The Labute approximate surface area is 49.7 Å². The zero-order chi connectivity index (χ0) is 4.28. The van der Waals surface area contributed by atoms with Gasteiger partial charge < -0.3 is 9.69 Å². The van der Waals surface area contributed by atoms with Crippen molar-refractivity contribution in [2.45, 2.75) is 0 Å². The molecule has 2 nitrogen and oxygen atoms in total. The molecule has 6 heavy (non-hydrogen) atoms. The number of amides is 1. The maximum absolute atomic E-state index is 9.31. The molecule has 0 aliphatic heterocycles. The first-order valence-corrected chi connectivity index (χ1v) is 1.32. The summed E-state index contributed by atoms with van der Waals surface area (Å²) in [6.45, 7) is 0. The minimum Gasteiger partial charge on any atom is -0.522 e. The number of carbonyl (C=O) groups excluding carboxylic acids is 1. The fraction of sp³-hybridized carbons (Fsp3) is 0.667. The van der Waals surface area contributed by atoms with Gasteiger partial charge in [0.1, 0.15) is 0 Å². The molecule has 0 saturated heterocycles. The standard InChI is InChI=1S/C3H6NO.Li/c1-4(2)3-5;/h1-2H3;/q-1;+1. The van der Waals surface area contributed by atoms with Gasteiger partial charge in [0.05, 0.1) is 0 Å². The predicted molar refractivity (Wildman–Crippen MR) is 19.4 cm³/mol. The maximum atomic E-state index is 9.31. The Morgan fingerprint density at radius 3 is 1.67 bits per heavy atom. The molecule has 1 amide bonds. The molecule has 0 aromatic heterocycles. The van der Waals surface area contributed by atoms with Gasteiger partial charge >= 0.3 is 18.9 Å². The SMILES string of the molecule is CN(C)[C-]=O.[Li+]. The molecule has 0 aromatic rings. The normalized spacial score (nSPS) is 5.67. The van der Waals surface area contributed by atoms with E-state index in [2.05, 4.69) is 0 Å². The van der Waals surface area contributed by atoms with Crippen molar-refractivity contribution in [2.24, 2.45) is 0 Å². The van der Waals surface area contributed by atoms with Crippen LogP contribution in [0.2, 0.25) is 0 Å². The van der Waals surface area contributed by atoms with Crippen molar-refractivity contribution in [2.75, 3.05) is 14.1 Å². The number of hydrogen-bond donors (Lipinski definition) is 0. The smallest absolute Gasteiger partial charge is 0.522 e. The van der Waals surface area contributed by atoms with Crippen LogP contribution in [0.3, 0.4) is 0 Å². The molecule has 30 valence electrons. The summed E-state index contributed by atoms with van der Waals surface area (Å²) in [7, 11) is 3.26. The van der Waals surface area contributed by atoms with Crippen LogP contribution in [0.5, 0.6) is 0 Å². The van der Waals surface area contributed by atoms with Crippen molar-refractivity contribution in [1.82, 2.24) is 4.90 Å². The Morgan fingerprint density at radius 2 is 1.67 bits per heavy atom. The number of nitrogens with zero attached hydrogens (tertiary/aromatic N) is 1. The van der Waals surface area contributed by atoms with E-state index in [9.17, 15) is 4.79 Å². The van der Waals surface area contributed by atoms with E-state index >= 15 is 0 Å². The molecule has 0 aliphatic carbocycles. The average Bonchev–Trinajstić information content (AvgIpc) is 1.38. The van der Waals surface area contributed by atoms with Crippen molar-refractivity contribution >= 4 is 6.41 Å². The molecule has 0 saturated carbocycles. The second kappa shape index (κ2) is 5.07. The topological polar surface area (TPSA) is 20.3 Å². The van der Waals surface area contributed by atoms with E-state index in [0.29, 0.717) is 0 Å². The van der Waals surface area contributed by atoms with Crippen LogP contribution in [0, 0.1) is 0 Å². The Balaban J connectivity index is 0. The van der Waals surface area contributed by atoms with Crippen molar-refractivity contribution in [3.05, 3.63) is 0 Å². The Bertz CT molecular complexity index is 37.8. The fourth-order valence-electron chi connectivity index (χ4n) is 0. The number of rotatable bonds is 1. The van der Waals surface area contributed by atoms with Gasteiger partial charge in [0.25, 0.3) is 0 Å². The zero-order valence-electron chi connectivity index (χ0n) is 4.36. The van der Waals surface area contributed by atoms with E-state index in [-0.39, 0.29) is 18.9 Å². The van der Waals surface area contributed by atoms with Gasteiger partial charge in [-0.3, -0.25) is 0 Å². The van der Waals surface area contributed by atoms with E-state index in [1.165, 1.54) is 4.90 Å². The van der Waals surface area contributed by atoms with Crippen LogP contribution < -0.4 is 18.9 Å². The quantitative estimate of drug-likeness (QED) is 0.182. The first-order chi connectivity index (χ1) is 2.27. The van der Waals surface area contributed by atoms with Crippen LogP contribution in [-0.4, -0.2) is 25.4 Å². The van der Waals surface area contributed by atoms with Gasteiger partial charge in [-0.15, -0.1) is 0 Å². The summed E-state index contributed by atoms with van der Waals surface area (Å²) in [6, 6.07) is 0. The minimum absolute atomic E-state index is 0. The molecule has 0 bridgehead atoms. The summed E-state index contributed by atoms with van der Waals surface area (Å²) in [5, 5.41) is 0. The summed E-state index contributed by atoms with van der Waals surface area (Å²) in [4.78, 5) is 10.6. The third-order valence-electron chi connectivity index (χ3n) is 0.183. The molecule has 0 rings (SSSR count). The summed E-state index contributed by atoms with van der Waals surface area (Å²) in [5.41, 5.74) is 0. The van der Waals surface area contributed by atoms with Crippen LogP contribution in [0.25, 0.3) is 0 Å². The van der Waals surface area contributed by atoms with Gasteiger partial charge in [0.15, 0.2) is 0 Å². The molecule has 0 spiro atoms. The fourth-order valence-corrected chi connectivity index (χ4v) is 0. The molecule has 0 radical (unpaired) electrons. The zero-order valence-corrected chi connectivity index (χ0v) is 4.36. The molecule has 0 aromatic carbocycles. The molecule has 0 fully saturated rings. The van der Waals surface area contributed by atoms with Gasteiger partial charge in [0.2, 0.25) is 0 Å². The van der Waals surface area contributed by atoms with Gasteiger partial charge in [-0.05, 0) is 14.1 Å². The van der Waals surface area contributed by atoms with Crippen LogP contribution in [0.15, 0.2) is 0 Å². The van der Waals surface area contributed by atoms with E-state index in [4.69, 9.17) is 0 Å². The molecule has 3 heteroatoms. The van der Waals surface area contributed by atoms with Crippen molar-refractivity contribution < 1.29 is 23.7 Å². The maximum Gasteiger partial charge on any atom is 1.00 e. The predicted octanol–water partition coefficient (Wildman–Crippen LogP) is -3.38. The largest absolute Gasteiger partial charge is 1.00 e. The first kappa shape index (κ1) is 9.42. The third-order valence-corrected chi connectivity index (χ3v) is 0.183. The van der Waals surface area contributed by atoms with Crippen LogP contribution >= 0.6 is 0 Å². The van der Waals surface area contributed by atoms with Crippen molar-refractivity contribution in [3.63, 3.8) is 0 Å².